The highest BCUT2D eigenvalue weighted by molar-refractivity contribution is 5.87. The summed E-state index contributed by atoms with van der Waals surface area (Å²) in [6.45, 7) is 3.97. The van der Waals surface area contributed by atoms with Gasteiger partial charge >= 0.3 is 0 Å². The van der Waals surface area contributed by atoms with Gasteiger partial charge in [-0.2, -0.15) is 0 Å². The van der Waals surface area contributed by atoms with Crippen molar-refractivity contribution in [3.63, 3.8) is 0 Å². The van der Waals surface area contributed by atoms with Crippen LogP contribution in [-0.2, 0) is 14.3 Å². The zero-order valence-electron chi connectivity index (χ0n) is 10.8. The van der Waals surface area contributed by atoms with Crippen molar-refractivity contribution in [3.8, 4) is 0 Å². The van der Waals surface area contributed by atoms with Crippen LogP contribution in [0.2, 0.25) is 0 Å². The van der Waals surface area contributed by atoms with Crippen molar-refractivity contribution in [2.45, 2.75) is 37.8 Å². The summed E-state index contributed by atoms with van der Waals surface area (Å²) in [7, 11) is 0. The van der Waals surface area contributed by atoms with Crippen LogP contribution in [0.1, 0.15) is 26.2 Å². The minimum absolute atomic E-state index is 0.0525. The van der Waals surface area contributed by atoms with Gasteiger partial charge in [0.1, 0.15) is 0 Å². The van der Waals surface area contributed by atoms with E-state index in [1.807, 2.05) is 6.92 Å². The molecule has 0 aromatic heterocycles. The van der Waals surface area contributed by atoms with Crippen LogP contribution in [0, 0.1) is 0 Å². The maximum absolute atomic E-state index is 12.5. The van der Waals surface area contributed by atoms with Gasteiger partial charge in [0.15, 0.2) is 6.10 Å². The van der Waals surface area contributed by atoms with Crippen molar-refractivity contribution in [3.05, 3.63) is 0 Å². The third kappa shape index (κ3) is 2.64. The second kappa shape index (κ2) is 5.24. The predicted molar refractivity (Wildman–Crippen MR) is 65.8 cm³/mol. The SMILES string of the molecule is C[C@@]1(C(=O)N2CCO[C@H](C(N)=O)C2)CCCCN1. The fourth-order valence-electron chi connectivity index (χ4n) is 2.59. The van der Waals surface area contributed by atoms with E-state index in [0.29, 0.717) is 13.2 Å². The molecule has 3 N–H and O–H groups in total. The predicted octanol–water partition coefficient (Wildman–Crippen LogP) is -0.769. The van der Waals surface area contributed by atoms with E-state index in [4.69, 9.17) is 10.5 Å². The normalized spacial score (nSPS) is 33.2. The van der Waals surface area contributed by atoms with E-state index < -0.39 is 17.6 Å². The Morgan fingerprint density at radius 2 is 2.22 bits per heavy atom. The molecule has 0 bridgehead atoms. The van der Waals surface area contributed by atoms with Crippen LogP contribution in [0.4, 0.5) is 0 Å². The highest BCUT2D eigenvalue weighted by Gasteiger charge is 2.39. The Hall–Kier alpha value is -1.14. The van der Waals surface area contributed by atoms with Crippen LogP contribution in [0.3, 0.4) is 0 Å². The van der Waals surface area contributed by atoms with Gasteiger partial charge in [0.05, 0.1) is 18.7 Å². The van der Waals surface area contributed by atoms with Gasteiger partial charge in [0.25, 0.3) is 0 Å². The second-order valence-corrected chi connectivity index (χ2v) is 5.23. The molecule has 0 spiro atoms. The standard InChI is InChI=1S/C12H21N3O3/c1-12(4-2-3-5-14-12)11(17)15-6-7-18-9(8-15)10(13)16/h9,14H,2-8H2,1H3,(H2,13,16)/t9-,12-/m0/s1. The number of hydrogen-bond acceptors (Lipinski definition) is 4. The monoisotopic (exact) mass is 255 g/mol. The third-order valence-corrected chi connectivity index (χ3v) is 3.76. The lowest BCUT2D eigenvalue weighted by Crippen LogP contribution is -2.61. The number of primary amides is 1. The van der Waals surface area contributed by atoms with Crippen LogP contribution in [0.5, 0.6) is 0 Å². The first-order valence-corrected chi connectivity index (χ1v) is 6.48. The molecule has 0 aliphatic carbocycles. The molecule has 6 heteroatoms. The molecule has 2 saturated heterocycles. The van der Waals surface area contributed by atoms with Crippen LogP contribution in [0.25, 0.3) is 0 Å². The molecule has 0 radical (unpaired) electrons. The first-order chi connectivity index (χ1) is 8.53. The minimum atomic E-state index is -0.671. The van der Waals surface area contributed by atoms with Crippen molar-refractivity contribution in [2.24, 2.45) is 5.73 Å². The van der Waals surface area contributed by atoms with Gasteiger partial charge in [-0.1, -0.05) is 0 Å². The van der Waals surface area contributed by atoms with Gasteiger partial charge in [-0.05, 0) is 32.7 Å². The van der Waals surface area contributed by atoms with Gasteiger partial charge in [-0.3, -0.25) is 9.59 Å². The summed E-state index contributed by atoms with van der Waals surface area (Å²) in [4.78, 5) is 25.3. The number of piperidine rings is 1. The largest absolute Gasteiger partial charge is 0.367 e. The van der Waals surface area contributed by atoms with Gasteiger partial charge in [-0.25, -0.2) is 0 Å². The molecule has 102 valence electrons. The number of nitrogens with two attached hydrogens (primary N) is 1. The number of amides is 2. The lowest BCUT2D eigenvalue weighted by Gasteiger charge is -2.40. The fourth-order valence-corrected chi connectivity index (χ4v) is 2.59. The third-order valence-electron chi connectivity index (χ3n) is 3.76. The fraction of sp³-hybridized carbons (Fsp3) is 0.833. The first-order valence-electron chi connectivity index (χ1n) is 6.48. The number of ether oxygens (including phenoxy) is 1. The van der Waals surface area contributed by atoms with Crippen molar-refractivity contribution < 1.29 is 14.3 Å². The molecule has 0 unspecified atom stereocenters. The first kappa shape index (κ1) is 13.3. The van der Waals surface area contributed by atoms with E-state index >= 15 is 0 Å². The minimum Gasteiger partial charge on any atom is -0.367 e. The Balaban J connectivity index is 2.01. The van der Waals surface area contributed by atoms with Gasteiger partial charge < -0.3 is 20.7 Å². The summed E-state index contributed by atoms with van der Waals surface area (Å²) in [5.41, 5.74) is 4.72. The smallest absolute Gasteiger partial charge is 0.248 e. The summed E-state index contributed by atoms with van der Waals surface area (Å²) in [6.07, 6.45) is 2.33. The van der Waals surface area contributed by atoms with E-state index in [9.17, 15) is 9.59 Å². The van der Waals surface area contributed by atoms with Crippen LogP contribution in [0.15, 0.2) is 0 Å². The molecular weight excluding hydrogens is 234 g/mol. The van der Waals surface area contributed by atoms with Crippen molar-refractivity contribution in [1.82, 2.24) is 10.2 Å². The van der Waals surface area contributed by atoms with E-state index in [-0.39, 0.29) is 12.5 Å². The van der Waals surface area contributed by atoms with Crippen molar-refractivity contribution in [1.29, 1.82) is 0 Å². The second-order valence-electron chi connectivity index (χ2n) is 5.23. The van der Waals surface area contributed by atoms with Crippen LogP contribution >= 0.6 is 0 Å². The number of nitrogens with zero attached hydrogens (tertiary/aromatic N) is 1. The zero-order chi connectivity index (χ0) is 13.2. The number of nitrogens with one attached hydrogen (secondary N) is 1. The summed E-state index contributed by atoms with van der Waals surface area (Å²) in [6, 6.07) is 0. The molecule has 0 saturated carbocycles. The van der Waals surface area contributed by atoms with E-state index in [1.54, 1.807) is 4.90 Å². The molecule has 18 heavy (non-hydrogen) atoms. The highest BCUT2D eigenvalue weighted by atomic mass is 16.5. The molecule has 2 fully saturated rings. The molecule has 2 heterocycles. The molecule has 6 nitrogen and oxygen atoms in total. The van der Waals surface area contributed by atoms with E-state index in [2.05, 4.69) is 5.32 Å². The molecular formula is C12H21N3O3. The van der Waals surface area contributed by atoms with Crippen molar-refractivity contribution in [2.75, 3.05) is 26.2 Å². The lowest BCUT2D eigenvalue weighted by molar-refractivity contribution is -0.150. The molecule has 2 aliphatic heterocycles. The van der Waals surface area contributed by atoms with Crippen LogP contribution < -0.4 is 11.1 Å². The number of rotatable bonds is 2. The molecule has 0 aromatic rings. The Bertz CT molecular complexity index is 339. The van der Waals surface area contributed by atoms with E-state index in [1.165, 1.54) is 0 Å². The Morgan fingerprint density at radius 3 is 2.83 bits per heavy atom. The van der Waals surface area contributed by atoms with Crippen molar-refractivity contribution >= 4 is 11.8 Å². The van der Waals surface area contributed by atoms with Crippen LogP contribution in [-0.4, -0.2) is 54.6 Å². The molecule has 2 amide bonds. The maximum Gasteiger partial charge on any atom is 0.248 e. The van der Waals surface area contributed by atoms with Gasteiger partial charge in [-0.15, -0.1) is 0 Å². The lowest BCUT2D eigenvalue weighted by atomic mass is 9.89. The Morgan fingerprint density at radius 1 is 1.44 bits per heavy atom. The summed E-state index contributed by atoms with van der Waals surface area (Å²) < 4.78 is 5.25. The number of hydrogen-bond donors (Lipinski definition) is 2. The maximum atomic E-state index is 12.5. The number of morpholine rings is 1. The quantitative estimate of drug-likeness (QED) is 0.678. The average molecular weight is 255 g/mol. The average Bonchev–Trinajstić information content (AvgIpc) is 2.39. The summed E-state index contributed by atoms with van der Waals surface area (Å²) in [5.74, 6) is -0.453. The van der Waals surface area contributed by atoms with E-state index in [0.717, 1.165) is 25.8 Å². The number of carbonyl (C=O) groups is 2. The molecule has 2 rings (SSSR count). The number of carbonyl (C=O) groups excluding carboxylic acids is 2. The zero-order valence-corrected chi connectivity index (χ0v) is 10.8. The molecule has 2 atom stereocenters. The Labute approximate surface area is 107 Å². The summed E-state index contributed by atoms with van der Waals surface area (Å²) in [5, 5.41) is 3.29. The van der Waals surface area contributed by atoms with Gasteiger partial charge in [0, 0.05) is 6.54 Å². The highest BCUT2D eigenvalue weighted by Crippen LogP contribution is 2.22. The summed E-state index contributed by atoms with van der Waals surface area (Å²) >= 11 is 0. The molecule has 2 aliphatic rings. The Kier molecular flexibility index (Phi) is 3.87. The molecule has 0 aromatic carbocycles. The van der Waals surface area contributed by atoms with Gasteiger partial charge in [0.2, 0.25) is 11.8 Å². The topological polar surface area (TPSA) is 84.7 Å².